The molecule has 0 aliphatic heterocycles. The molecule has 1 N–H and O–H groups in total. The molecule has 0 aliphatic carbocycles. The summed E-state index contributed by atoms with van der Waals surface area (Å²) in [6.07, 6.45) is 1.50. The Morgan fingerprint density at radius 1 is 1.07 bits per heavy atom. The highest BCUT2D eigenvalue weighted by Crippen LogP contribution is 2.38. The Morgan fingerprint density at radius 2 is 1.62 bits per heavy atom. The van der Waals surface area contributed by atoms with E-state index in [1.54, 1.807) is 32.9 Å². The van der Waals surface area contributed by atoms with Gasteiger partial charge in [-0.05, 0) is 54.8 Å². The van der Waals surface area contributed by atoms with Crippen LogP contribution in [0, 0.1) is 3.57 Å². The fraction of sp³-hybridized carbons (Fsp3) is 0.273. The second-order valence-corrected chi connectivity index (χ2v) is 8.41. The van der Waals surface area contributed by atoms with Crippen LogP contribution in [0.2, 0.25) is 0 Å². The normalized spacial score (nSPS) is 11.0. The number of anilines is 2. The third kappa shape index (κ3) is 5.29. The van der Waals surface area contributed by atoms with Crippen LogP contribution in [0.25, 0.3) is 10.8 Å². The first kappa shape index (κ1) is 22.7. The maximum atomic E-state index is 12.9. The predicted molar refractivity (Wildman–Crippen MR) is 126 cm³/mol. The number of hydrogen-bond donors (Lipinski definition) is 1. The minimum atomic E-state index is -1.10. The molecule has 0 heterocycles. The van der Waals surface area contributed by atoms with E-state index in [2.05, 4.69) is 35.7 Å². The number of nitrogens with zero attached hydrogens (tertiary/aromatic N) is 2. The lowest BCUT2D eigenvalue weighted by atomic mass is 10.1. The van der Waals surface area contributed by atoms with Crippen LogP contribution in [-0.4, -0.2) is 36.0 Å². The molecule has 2 aromatic carbocycles. The molecule has 0 radical (unpaired) electrons. The minimum Gasteiger partial charge on any atom is -0.465 e. The second kappa shape index (κ2) is 9.30. The standard InChI is InChI=1S/C22H25IN2O4/c1-6-12-24(20(26)27)17-14-18(19(23)16-11-9-8-10-15(16)17)25(13-7-2)21(28)29-22(3,4)5/h6-11,14H,1-2,12-13H2,3-5H3,(H,26,27). The van der Waals surface area contributed by atoms with E-state index >= 15 is 0 Å². The van der Waals surface area contributed by atoms with Crippen molar-refractivity contribution in [3.8, 4) is 0 Å². The Morgan fingerprint density at radius 3 is 2.14 bits per heavy atom. The van der Waals surface area contributed by atoms with E-state index in [9.17, 15) is 14.7 Å². The maximum absolute atomic E-state index is 12.9. The lowest BCUT2D eigenvalue weighted by Crippen LogP contribution is -2.37. The zero-order valence-corrected chi connectivity index (χ0v) is 19.0. The fourth-order valence-electron chi connectivity index (χ4n) is 2.85. The van der Waals surface area contributed by atoms with Gasteiger partial charge >= 0.3 is 12.2 Å². The van der Waals surface area contributed by atoms with E-state index in [0.29, 0.717) is 11.4 Å². The highest BCUT2D eigenvalue weighted by atomic mass is 127. The van der Waals surface area contributed by atoms with Gasteiger partial charge in [0, 0.05) is 22.0 Å². The van der Waals surface area contributed by atoms with Gasteiger partial charge in [-0.15, -0.1) is 13.2 Å². The summed E-state index contributed by atoms with van der Waals surface area (Å²) < 4.78 is 6.38. The first-order valence-electron chi connectivity index (χ1n) is 9.04. The van der Waals surface area contributed by atoms with Gasteiger partial charge in [0.15, 0.2) is 0 Å². The summed E-state index contributed by atoms with van der Waals surface area (Å²) in [6, 6.07) is 9.20. The highest BCUT2D eigenvalue weighted by Gasteiger charge is 2.27. The Balaban J connectivity index is 2.76. The number of benzene rings is 2. The topological polar surface area (TPSA) is 70.1 Å². The zero-order chi connectivity index (χ0) is 21.8. The number of carbonyl (C=O) groups is 2. The Hall–Kier alpha value is -2.55. The van der Waals surface area contributed by atoms with E-state index in [1.807, 2.05) is 24.3 Å². The van der Waals surface area contributed by atoms with Crippen molar-refractivity contribution in [2.45, 2.75) is 26.4 Å². The number of hydrogen-bond acceptors (Lipinski definition) is 3. The minimum absolute atomic E-state index is 0.118. The van der Waals surface area contributed by atoms with Crippen molar-refractivity contribution in [1.82, 2.24) is 0 Å². The van der Waals surface area contributed by atoms with Gasteiger partial charge in [0.1, 0.15) is 5.60 Å². The van der Waals surface area contributed by atoms with E-state index in [-0.39, 0.29) is 13.1 Å². The molecule has 0 aliphatic rings. The van der Waals surface area contributed by atoms with Crippen molar-refractivity contribution in [2.75, 3.05) is 22.9 Å². The largest absolute Gasteiger partial charge is 0.465 e. The number of ether oxygens (including phenoxy) is 1. The average Bonchev–Trinajstić information content (AvgIpc) is 2.64. The first-order chi connectivity index (χ1) is 13.6. The lowest BCUT2D eigenvalue weighted by molar-refractivity contribution is 0.0584. The summed E-state index contributed by atoms with van der Waals surface area (Å²) >= 11 is 2.17. The lowest BCUT2D eigenvalue weighted by Gasteiger charge is -2.29. The van der Waals surface area contributed by atoms with E-state index < -0.39 is 17.8 Å². The van der Waals surface area contributed by atoms with Gasteiger partial charge in [-0.2, -0.15) is 0 Å². The number of carbonyl (C=O) groups excluding carboxylic acids is 1. The molecule has 7 heteroatoms. The Kier molecular flexibility index (Phi) is 7.29. The molecule has 2 aromatic rings. The van der Waals surface area contributed by atoms with Crippen LogP contribution in [-0.2, 0) is 4.74 Å². The molecule has 154 valence electrons. The van der Waals surface area contributed by atoms with Crippen LogP contribution in [0.4, 0.5) is 21.0 Å². The van der Waals surface area contributed by atoms with Gasteiger partial charge in [0.05, 0.1) is 11.4 Å². The zero-order valence-electron chi connectivity index (χ0n) is 16.8. The summed E-state index contributed by atoms with van der Waals surface area (Å²) in [7, 11) is 0. The Bertz CT molecular complexity index is 950. The van der Waals surface area contributed by atoms with Gasteiger partial charge in [-0.25, -0.2) is 9.59 Å². The van der Waals surface area contributed by atoms with Crippen molar-refractivity contribution >= 4 is 56.9 Å². The summed E-state index contributed by atoms with van der Waals surface area (Å²) in [6.45, 7) is 13.1. The molecule has 0 unspecified atom stereocenters. The molecule has 0 spiro atoms. The third-order valence-electron chi connectivity index (χ3n) is 3.99. The number of fused-ring (bicyclic) bond motifs is 1. The molecule has 2 rings (SSSR count). The number of rotatable bonds is 6. The monoisotopic (exact) mass is 508 g/mol. The third-order valence-corrected chi connectivity index (χ3v) is 5.12. The van der Waals surface area contributed by atoms with Gasteiger partial charge in [0.25, 0.3) is 0 Å². The molecule has 29 heavy (non-hydrogen) atoms. The number of halogens is 1. The van der Waals surface area contributed by atoms with E-state index in [4.69, 9.17) is 4.74 Å². The summed E-state index contributed by atoms with van der Waals surface area (Å²) in [4.78, 5) is 27.5. The maximum Gasteiger partial charge on any atom is 0.415 e. The molecule has 0 saturated carbocycles. The number of carboxylic acid groups (broad SMARTS) is 1. The van der Waals surface area contributed by atoms with Gasteiger partial charge in [0.2, 0.25) is 0 Å². The molecule has 2 amide bonds. The second-order valence-electron chi connectivity index (χ2n) is 7.34. The van der Waals surface area contributed by atoms with Crippen molar-refractivity contribution < 1.29 is 19.4 Å². The molecule has 0 bridgehead atoms. The van der Waals surface area contributed by atoms with Crippen LogP contribution in [0.15, 0.2) is 55.6 Å². The molecule has 0 fully saturated rings. The van der Waals surface area contributed by atoms with Crippen molar-refractivity contribution in [1.29, 1.82) is 0 Å². The fourth-order valence-corrected chi connectivity index (χ4v) is 3.77. The van der Waals surface area contributed by atoms with Gasteiger partial charge < -0.3 is 9.84 Å². The van der Waals surface area contributed by atoms with E-state index in [0.717, 1.165) is 14.3 Å². The molecule has 0 aromatic heterocycles. The van der Waals surface area contributed by atoms with Crippen molar-refractivity contribution in [3.05, 3.63) is 59.2 Å². The van der Waals surface area contributed by atoms with Crippen molar-refractivity contribution in [3.63, 3.8) is 0 Å². The molecule has 0 atom stereocenters. The molecular formula is C22H25IN2O4. The summed E-state index contributed by atoms with van der Waals surface area (Å²) in [5, 5.41) is 11.3. The van der Waals surface area contributed by atoms with Crippen LogP contribution in [0.3, 0.4) is 0 Å². The quantitative estimate of drug-likeness (QED) is 0.382. The van der Waals surface area contributed by atoms with E-state index in [1.165, 1.54) is 15.9 Å². The van der Waals surface area contributed by atoms with Gasteiger partial charge in [-0.1, -0.05) is 36.4 Å². The SMILES string of the molecule is C=CCN(C(=O)OC(C)(C)C)c1cc(N(CC=C)C(=O)O)c2ccccc2c1I. The van der Waals surface area contributed by atoms with Gasteiger partial charge in [-0.3, -0.25) is 9.80 Å². The number of amides is 2. The highest BCUT2D eigenvalue weighted by molar-refractivity contribution is 14.1. The average molecular weight is 508 g/mol. The smallest absolute Gasteiger partial charge is 0.415 e. The molecule has 6 nitrogen and oxygen atoms in total. The van der Waals surface area contributed by atoms with Crippen molar-refractivity contribution in [2.24, 2.45) is 0 Å². The van der Waals surface area contributed by atoms with Crippen LogP contribution < -0.4 is 9.80 Å². The molecular weight excluding hydrogens is 483 g/mol. The van der Waals surface area contributed by atoms with Crippen LogP contribution in [0.5, 0.6) is 0 Å². The Labute approximate surface area is 184 Å². The summed E-state index contributed by atoms with van der Waals surface area (Å²) in [5.41, 5.74) is 0.363. The molecule has 0 saturated heterocycles. The first-order valence-corrected chi connectivity index (χ1v) is 10.1. The predicted octanol–water partition coefficient (Wildman–Crippen LogP) is 6.04. The van der Waals surface area contributed by atoms with Crippen LogP contribution >= 0.6 is 22.6 Å². The summed E-state index contributed by atoms with van der Waals surface area (Å²) in [5.74, 6) is 0. The van der Waals surface area contributed by atoms with Crippen LogP contribution in [0.1, 0.15) is 20.8 Å².